The number of unbranched alkanes of at least 4 members (excludes halogenated alkanes) is 39. The van der Waals surface area contributed by atoms with Gasteiger partial charge < -0.3 is 23.8 Å². The fourth-order valence-corrected chi connectivity index (χ4v) is 9.33. The van der Waals surface area contributed by atoms with Gasteiger partial charge in [-0.15, -0.1) is 0 Å². The third-order valence-corrected chi connectivity index (χ3v) is 13.9. The first-order chi connectivity index (χ1) is 33.1. The average Bonchev–Trinajstić information content (AvgIpc) is 3.30. The van der Waals surface area contributed by atoms with E-state index in [0.717, 1.165) is 38.5 Å². The van der Waals surface area contributed by atoms with Crippen molar-refractivity contribution in [3.63, 3.8) is 0 Å². The van der Waals surface area contributed by atoms with Gasteiger partial charge in [-0.3, -0.25) is 9.59 Å². The Bertz CT molecular complexity index is 1120. The van der Waals surface area contributed by atoms with E-state index in [-0.39, 0.29) is 36.2 Å². The summed E-state index contributed by atoms with van der Waals surface area (Å²) in [4.78, 5) is 37.3. The lowest BCUT2D eigenvalue weighted by atomic mass is 10.0. The zero-order chi connectivity index (χ0) is 49.9. The lowest BCUT2D eigenvalue weighted by molar-refractivity contribution is -0.887. The van der Waals surface area contributed by atoms with Crippen molar-refractivity contribution in [3.8, 4) is 0 Å². The van der Waals surface area contributed by atoms with Gasteiger partial charge >= 0.3 is 17.9 Å². The van der Waals surface area contributed by atoms with Crippen LogP contribution in [0.3, 0.4) is 0 Å². The van der Waals surface area contributed by atoms with Crippen LogP contribution in [-0.2, 0) is 28.6 Å². The zero-order valence-electron chi connectivity index (χ0n) is 46.1. The van der Waals surface area contributed by atoms with E-state index in [1.165, 1.54) is 231 Å². The van der Waals surface area contributed by atoms with E-state index in [1.54, 1.807) is 0 Å². The summed E-state index contributed by atoms with van der Waals surface area (Å²) in [6.45, 7) is 4.81. The number of hydrogen-bond donors (Lipinski definition) is 1. The number of esters is 2. The minimum Gasteiger partial charge on any atom is -0.477 e. The minimum atomic E-state index is -0.869. The molecule has 8 nitrogen and oxygen atoms in total. The Morgan fingerprint density at radius 1 is 0.426 bits per heavy atom. The molecule has 0 bridgehead atoms. The molecule has 0 heterocycles. The van der Waals surface area contributed by atoms with Gasteiger partial charge in [-0.05, 0) is 38.5 Å². The molecule has 0 spiro atoms. The van der Waals surface area contributed by atoms with Crippen molar-refractivity contribution in [2.24, 2.45) is 0 Å². The highest BCUT2D eigenvalue weighted by Gasteiger charge is 2.31. The van der Waals surface area contributed by atoms with E-state index in [1.807, 2.05) is 21.1 Å². The first-order valence-corrected chi connectivity index (χ1v) is 29.7. The van der Waals surface area contributed by atoms with Crippen LogP contribution in [0.15, 0.2) is 12.2 Å². The molecule has 0 saturated carbocycles. The van der Waals surface area contributed by atoms with E-state index in [9.17, 15) is 19.5 Å². The zero-order valence-corrected chi connectivity index (χ0v) is 46.1. The van der Waals surface area contributed by atoms with E-state index in [2.05, 4.69) is 26.0 Å². The normalized spacial score (nSPS) is 12.8. The lowest BCUT2D eigenvalue weighted by Gasteiger charge is -2.31. The van der Waals surface area contributed by atoms with Crippen molar-refractivity contribution in [2.45, 2.75) is 315 Å². The maximum atomic E-state index is 12.8. The Labute approximate surface area is 422 Å². The van der Waals surface area contributed by atoms with Crippen molar-refractivity contribution in [1.82, 2.24) is 0 Å². The predicted molar refractivity (Wildman–Crippen MR) is 289 cm³/mol. The lowest BCUT2D eigenvalue weighted by Crippen LogP contribution is -2.50. The summed E-state index contributed by atoms with van der Waals surface area (Å²) in [5, 5.41) is 9.68. The van der Waals surface area contributed by atoms with Crippen LogP contribution in [0.4, 0.5) is 0 Å². The highest BCUT2D eigenvalue weighted by molar-refractivity contribution is 5.72. The summed E-state index contributed by atoms with van der Waals surface area (Å²) >= 11 is 0. The smallest absolute Gasteiger partial charge is 0.362 e. The summed E-state index contributed by atoms with van der Waals surface area (Å²) in [5.41, 5.74) is 0. The highest BCUT2D eigenvalue weighted by Crippen LogP contribution is 2.18. The van der Waals surface area contributed by atoms with Gasteiger partial charge in [0.1, 0.15) is 6.61 Å². The second kappa shape index (κ2) is 51.4. The number of allylic oxidation sites excluding steroid dienone is 2. The SMILES string of the molecule is CCCCCCCCCC/C=C\CCCCCCCCCCCCCC(=O)OC(COCCC(C(=O)O)[N+](C)(C)C)COC(=O)CCCCCCCCCCCCCCCCCCCCCCC. The van der Waals surface area contributed by atoms with E-state index < -0.39 is 18.1 Å². The van der Waals surface area contributed by atoms with Gasteiger partial charge in [-0.25, -0.2) is 4.79 Å². The third kappa shape index (κ3) is 49.1. The number of quaternary nitrogens is 1. The average molecular weight is 964 g/mol. The maximum Gasteiger partial charge on any atom is 0.362 e. The molecule has 0 fully saturated rings. The summed E-state index contributed by atoms with van der Waals surface area (Å²) in [7, 11) is 5.56. The van der Waals surface area contributed by atoms with Crippen LogP contribution in [0.2, 0.25) is 0 Å². The summed E-state index contributed by atoms with van der Waals surface area (Å²) in [5.74, 6) is -1.44. The van der Waals surface area contributed by atoms with Crippen LogP contribution in [-0.4, -0.2) is 80.6 Å². The molecule has 0 aliphatic heterocycles. The highest BCUT2D eigenvalue weighted by atomic mass is 16.6. The number of carboxylic acid groups (broad SMARTS) is 1. The van der Waals surface area contributed by atoms with Crippen molar-refractivity contribution < 1.29 is 38.2 Å². The topological polar surface area (TPSA) is 99.1 Å². The molecular formula is C60H116NO7+. The number of carbonyl (C=O) groups excluding carboxylic acids is 2. The summed E-state index contributed by atoms with van der Waals surface area (Å²) in [6, 6.07) is -0.612. The summed E-state index contributed by atoms with van der Waals surface area (Å²) < 4.78 is 17.4. The van der Waals surface area contributed by atoms with Gasteiger partial charge in [-0.2, -0.15) is 0 Å². The fourth-order valence-electron chi connectivity index (χ4n) is 9.33. The molecule has 0 saturated heterocycles. The molecule has 1 N–H and O–H groups in total. The molecule has 0 aromatic carbocycles. The molecule has 0 radical (unpaired) electrons. The monoisotopic (exact) mass is 963 g/mol. The second-order valence-corrected chi connectivity index (χ2v) is 21.6. The van der Waals surface area contributed by atoms with E-state index in [4.69, 9.17) is 14.2 Å². The summed E-state index contributed by atoms with van der Waals surface area (Å²) in [6.07, 6.45) is 59.9. The molecule has 68 heavy (non-hydrogen) atoms. The largest absolute Gasteiger partial charge is 0.477 e. The molecule has 402 valence electrons. The molecule has 8 heteroatoms. The molecule has 2 unspecified atom stereocenters. The molecule has 2 atom stereocenters. The van der Waals surface area contributed by atoms with Crippen LogP contribution >= 0.6 is 0 Å². The Kier molecular flexibility index (Phi) is 50.0. The standard InChI is InChI=1S/C60H115NO7/c1-6-8-10-12-14-16-18-20-22-24-26-28-29-31-33-35-37-39-41-43-45-47-49-51-59(63)68-56(54-66-53-52-57(60(64)65)61(3,4)5)55-67-58(62)50-48-46-44-42-40-38-36-34-32-30-27-25-23-21-19-17-15-13-11-9-7-2/h24,26,56-57H,6-23,25,27-55H2,1-5H3/p+1/b26-24-. The minimum absolute atomic E-state index is 0.0437. The van der Waals surface area contributed by atoms with Crippen LogP contribution in [0.25, 0.3) is 0 Å². The molecule has 0 aliphatic carbocycles. The number of ether oxygens (including phenoxy) is 3. The van der Waals surface area contributed by atoms with Crippen molar-refractivity contribution >= 4 is 17.9 Å². The molecule has 0 aromatic rings. The quantitative estimate of drug-likeness (QED) is 0.0280. The number of rotatable bonds is 55. The van der Waals surface area contributed by atoms with Gasteiger partial charge in [0.25, 0.3) is 0 Å². The van der Waals surface area contributed by atoms with Gasteiger partial charge in [0.15, 0.2) is 12.1 Å². The maximum absolute atomic E-state index is 12.8. The van der Waals surface area contributed by atoms with E-state index in [0.29, 0.717) is 19.3 Å². The Hall–Kier alpha value is -1.93. The van der Waals surface area contributed by atoms with E-state index >= 15 is 0 Å². The second-order valence-electron chi connectivity index (χ2n) is 21.6. The predicted octanol–water partition coefficient (Wildman–Crippen LogP) is 17.8. The van der Waals surface area contributed by atoms with Gasteiger partial charge in [0, 0.05) is 19.3 Å². The van der Waals surface area contributed by atoms with Gasteiger partial charge in [0.2, 0.25) is 0 Å². The number of likely N-dealkylation sites (N-methyl/N-ethyl adjacent to an activating group) is 1. The third-order valence-electron chi connectivity index (χ3n) is 13.9. The molecule has 0 amide bonds. The molecule has 0 aliphatic rings. The van der Waals surface area contributed by atoms with Gasteiger partial charge in [-0.1, -0.05) is 257 Å². The van der Waals surface area contributed by atoms with Crippen molar-refractivity contribution in [1.29, 1.82) is 0 Å². The number of nitrogens with zero attached hydrogens (tertiary/aromatic N) is 1. The number of carbonyl (C=O) groups is 3. The van der Waals surface area contributed by atoms with Crippen LogP contribution in [0.1, 0.15) is 303 Å². The molecular weight excluding hydrogens is 847 g/mol. The fraction of sp³-hybridized carbons (Fsp3) is 0.917. The first kappa shape index (κ1) is 66.1. The van der Waals surface area contributed by atoms with Crippen LogP contribution < -0.4 is 0 Å². The molecule has 0 aromatic heterocycles. The van der Waals surface area contributed by atoms with Gasteiger partial charge in [0.05, 0.1) is 34.4 Å². The number of carboxylic acids is 1. The first-order valence-electron chi connectivity index (χ1n) is 29.7. The Morgan fingerprint density at radius 2 is 0.735 bits per heavy atom. The number of aliphatic carboxylic acids is 1. The number of hydrogen-bond acceptors (Lipinski definition) is 6. The van der Waals surface area contributed by atoms with Crippen LogP contribution in [0.5, 0.6) is 0 Å². The van der Waals surface area contributed by atoms with Crippen molar-refractivity contribution in [2.75, 3.05) is 41.0 Å². The Morgan fingerprint density at radius 3 is 1.06 bits per heavy atom. The van der Waals surface area contributed by atoms with Crippen LogP contribution in [0, 0.1) is 0 Å². The Balaban J connectivity index is 4.11. The van der Waals surface area contributed by atoms with Crippen molar-refractivity contribution in [3.05, 3.63) is 12.2 Å². The molecule has 0 rings (SSSR count).